The van der Waals surface area contributed by atoms with E-state index in [4.69, 9.17) is 16.0 Å². The number of H-pyrrole nitrogens is 1. The van der Waals surface area contributed by atoms with Gasteiger partial charge in [-0.2, -0.15) is 5.10 Å². The second-order valence-corrected chi connectivity index (χ2v) is 5.93. The minimum atomic E-state index is 0.626. The smallest absolute Gasteiger partial charge is 0.161 e. The molecule has 0 saturated carbocycles. The maximum Gasteiger partial charge on any atom is 0.161 e. The molecular weight excluding hydrogens is 338 g/mol. The van der Waals surface area contributed by atoms with Gasteiger partial charge in [-0.25, -0.2) is 9.97 Å². The van der Waals surface area contributed by atoms with Gasteiger partial charge in [-0.15, -0.1) is 0 Å². The van der Waals surface area contributed by atoms with Crippen LogP contribution in [0.25, 0.3) is 22.8 Å². The van der Waals surface area contributed by atoms with E-state index in [1.807, 2.05) is 55.5 Å². The number of anilines is 2. The number of hydrogen-bond acceptors (Lipinski definition) is 5. The summed E-state index contributed by atoms with van der Waals surface area (Å²) >= 11 is 5.94. The molecule has 6 nitrogen and oxygen atoms in total. The lowest BCUT2D eigenvalue weighted by Gasteiger charge is -2.07. The van der Waals surface area contributed by atoms with E-state index >= 15 is 0 Å². The van der Waals surface area contributed by atoms with Crippen LogP contribution in [0.15, 0.2) is 59.2 Å². The number of hydrogen-bond donors (Lipinski definition) is 2. The molecule has 0 amide bonds. The lowest BCUT2D eigenvalue weighted by atomic mass is 10.2. The highest BCUT2D eigenvalue weighted by Crippen LogP contribution is 2.24. The van der Waals surface area contributed by atoms with Crippen LogP contribution in [-0.4, -0.2) is 20.2 Å². The summed E-state index contributed by atoms with van der Waals surface area (Å²) in [5, 5.41) is 11.0. The van der Waals surface area contributed by atoms with Crippen LogP contribution in [0.3, 0.4) is 0 Å². The van der Waals surface area contributed by atoms with E-state index < -0.39 is 0 Å². The lowest BCUT2D eigenvalue weighted by molar-refractivity contribution is 0.580. The van der Waals surface area contributed by atoms with Crippen LogP contribution in [0.5, 0.6) is 0 Å². The fourth-order valence-corrected chi connectivity index (χ4v) is 2.56. The number of benzene rings is 1. The first-order valence-electron chi connectivity index (χ1n) is 7.65. The van der Waals surface area contributed by atoms with E-state index in [9.17, 15) is 0 Å². The zero-order valence-corrected chi connectivity index (χ0v) is 14.1. The topological polar surface area (TPSA) is 79.6 Å². The Morgan fingerprint density at radius 1 is 1.04 bits per heavy atom. The van der Waals surface area contributed by atoms with Crippen molar-refractivity contribution in [3.63, 3.8) is 0 Å². The zero-order valence-electron chi connectivity index (χ0n) is 13.3. The Bertz CT molecular complexity index is 993. The van der Waals surface area contributed by atoms with Crippen molar-refractivity contribution in [1.82, 2.24) is 20.2 Å². The van der Waals surface area contributed by atoms with Gasteiger partial charge in [0.1, 0.15) is 11.5 Å². The van der Waals surface area contributed by atoms with Crippen molar-refractivity contribution in [2.45, 2.75) is 6.92 Å². The first-order valence-corrected chi connectivity index (χ1v) is 8.03. The number of rotatable bonds is 4. The molecule has 0 spiro atoms. The third kappa shape index (κ3) is 3.39. The van der Waals surface area contributed by atoms with Crippen molar-refractivity contribution < 1.29 is 4.42 Å². The molecule has 7 heteroatoms. The summed E-state index contributed by atoms with van der Waals surface area (Å²) in [6.07, 6.45) is 1.62. The van der Waals surface area contributed by atoms with Crippen molar-refractivity contribution >= 4 is 23.2 Å². The molecule has 4 rings (SSSR count). The third-order valence-corrected chi connectivity index (χ3v) is 3.83. The molecule has 0 aliphatic carbocycles. The molecule has 0 bridgehead atoms. The number of aromatic nitrogens is 4. The molecule has 1 aromatic carbocycles. The number of nitrogens with one attached hydrogen (secondary N) is 2. The highest BCUT2D eigenvalue weighted by atomic mass is 35.5. The second-order valence-electron chi connectivity index (χ2n) is 5.49. The predicted octanol–water partition coefficient (Wildman–Crippen LogP) is 4.83. The molecule has 0 atom stereocenters. The van der Waals surface area contributed by atoms with Crippen molar-refractivity contribution in [2.75, 3.05) is 5.32 Å². The number of aryl methyl sites for hydroxylation is 1. The van der Waals surface area contributed by atoms with Gasteiger partial charge in [0.2, 0.25) is 0 Å². The summed E-state index contributed by atoms with van der Waals surface area (Å²) in [5.41, 5.74) is 2.54. The minimum absolute atomic E-state index is 0.626. The number of nitrogens with zero attached hydrogens (tertiary/aromatic N) is 3. The maximum absolute atomic E-state index is 5.94. The SMILES string of the molecule is Cc1cc(Nc2cc(-c3ccco3)[nH]n2)nc(-c2ccc(Cl)cc2)n1. The Balaban J connectivity index is 1.61. The van der Waals surface area contributed by atoms with Gasteiger partial charge in [0.15, 0.2) is 17.4 Å². The van der Waals surface area contributed by atoms with Crippen LogP contribution in [0.4, 0.5) is 11.6 Å². The monoisotopic (exact) mass is 351 g/mol. The summed E-state index contributed by atoms with van der Waals surface area (Å²) in [5.74, 6) is 2.66. The molecule has 4 aromatic rings. The van der Waals surface area contributed by atoms with Crippen LogP contribution >= 0.6 is 11.6 Å². The van der Waals surface area contributed by atoms with Gasteiger partial charge in [-0.05, 0) is 43.3 Å². The maximum atomic E-state index is 5.94. The first kappa shape index (κ1) is 15.4. The Morgan fingerprint density at radius 2 is 1.88 bits per heavy atom. The van der Waals surface area contributed by atoms with Crippen molar-refractivity contribution in [2.24, 2.45) is 0 Å². The third-order valence-electron chi connectivity index (χ3n) is 3.58. The molecule has 0 radical (unpaired) electrons. The Hall–Kier alpha value is -3.12. The van der Waals surface area contributed by atoms with E-state index in [2.05, 4.69) is 25.5 Å². The Labute approximate surface area is 148 Å². The largest absolute Gasteiger partial charge is 0.463 e. The van der Waals surface area contributed by atoms with Crippen LogP contribution in [0.2, 0.25) is 5.02 Å². The van der Waals surface area contributed by atoms with Gasteiger partial charge < -0.3 is 9.73 Å². The lowest BCUT2D eigenvalue weighted by Crippen LogP contribution is -1.99. The molecule has 124 valence electrons. The zero-order chi connectivity index (χ0) is 17.2. The molecule has 0 fully saturated rings. The average Bonchev–Trinajstić information content (AvgIpc) is 3.26. The summed E-state index contributed by atoms with van der Waals surface area (Å²) in [6.45, 7) is 1.92. The molecule has 2 N–H and O–H groups in total. The molecule has 0 saturated heterocycles. The number of aromatic amines is 1. The summed E-state index contributed by atoms with van der Waals surface area (Å²) < 4.78 is 5.35. The summed E-state index contributed by atoms with van der Waals surface area (Å²) in [6, 6.07) is 14.8. The predicted molar refractivity (Wildman–Crippen MR) is 96.8 cm³/mol. The standard InChI is InChI=1S/C18H14ClN5O/c1-11-9-16(22-18(20-11)12-4-6-13(19)7-5-12)21-17-10-14(23-24-17)15-3-2-8-25-15/h2-10H,1H3,(H2,20,21,22,23,24). The van der Waals surface area contributed by atoms with Crippen molar-refractivity contribution in [3.8, 4) is 22.8 Å². The Morgan fingerprint density at radius 3 is 2.64 bits per heavy atom. The minimum Gasteiger partial charge on any atom is -0.463 e. The van der Waals surface area contributed by atoms with Crippen molar-refractivity contribution in [3.05, 3.63) is 65.5 Å². The molecule has 3 heterocycles. The normalized spacial score (nSPS) is 10.8. The van der Waals surface area contributed by atoms with E-state index in [1.165, 1.54) is 0 Å². The summed E-state index contributed by atoms with van der Waals surface area (Å²) in [7, 11) is 0. The van der Waals surface area contributed by atoms with Crippen LogP contribution in [-0.2, 0) is 0 Å². The second kappa shape index (κ2) is 6.41. The van der Waals surface area contributed by atoms with E-state index in [0.29, 0.717) is 22.5 Å². The molecule has 25 heavy (non-hydrogen) atoms. The van der Waals surface area contributed by atoms with Crippen LogP contribution < -0.4 is 5.32 Å². The highest BCUT2D eigenvalue weighted by molar-refractivity contribution is 6.30. The molecule has 0 unspecified atom stereocenters. The van der Waals surface area contributed by atoms with Gasteiger partial charge in [-0.3, -0.25) is 5.10 Å². The van der Waals surface area contributed by atoms with Gasteiger partial charge in [0, 0.05) is 28.4 Å². The van der Waals surface area contributed by atoms with Gasteiger partial charge in [-0.1, -0.05) is 11.6 Å². The quantitative estimate of drug-likeness (QED) is 0.550. The van der Waals surface area contributed by atoms with Crippen LogP contribution in [0, 0.1) is 6.92 Å². The van der Waals surface area contributed by atoms with E-state index in [1.54, 1.807) is 6.26 Å². The van der Waals surface area contributed by atoms with Crippen LogP contribution in [0.1, 0.15) is 5.69 Å². The fraction of sp³-hybridized carbons (Fsp3) is 0.0556. The van der Waals surface area contributed by atoms with E-state index in [-0.39, 0.29) is 0 Å². The molecule has 3 aromatic heterocycles. The van der Waals surface area contributed by atoms with E-state index in [0.717, 1.165) is 22.7 Å². The molecular formula is C18H14ClN5O. The molecule has 0 aliphatic heterocycles. The number of furan rings is 1. The number of halogens is 1. The fourth-order valence-electron chi connectivity index (χ4n) is 2.44. The Kier molecular flexibility index (Phi) is 3.95. The molecule has 0 aliphatic rings. The van der Waals surface area contributed by atoms with Gasteiger partial charge >= 0.3 is 0 Å². The average molecular weight is 352 g/mol. The highest BCUT2D eigenvalue weighted by Gasteiger charge is 2.09. The van der Waals surface area contributed by atoms with Crippen molar-refractivity contribution in [1.29, 1.82) is 0 Å². The van der Waals surface area contributed by atoms with Gasteiger partial charge in [0.25, 0.3) is 0 Å². The van der Waals surface area contributed by atoms with Gasteiger partial charge in [0.05, 0.1) is 6.26 Å². The summed E-state index contributed by atoms with van der Waals surface area (Å²) in [4.78, 5) is 9.04. The first-order chi connectivity index (χ1) is 12.2.